The number of hydrazone groups is 1. The van der Waals surface area contributed by atoms with Crippen LogP contribution < -0.4 is 20.4 Å². The van der Waals surface area contributed by atoms with Crippen LogP contribution in [0.3, 0.4) is 0 Å². The van der Waals surface area contributed by atoms with Gasteiger partial charge in [-0.3, -0.25) is 15.1 Å². The molecule has 2 rings (SSSR count). The van der Waals surface area contributed by atoms with E-state index in [9.17, 15) is 4.79 Å². The average molecular weight is 361 g/mol. The van der Waals surface area contributed by atoms with Crippen LogP contribution >= 0.6 is 11.3 Å². The lowest BCUT2D eigenvalue weighted by Crippen LogP contribution is -2.26. The Balaban J connectivity index is 1.80. The van der Waals surface area contributed by atoms with E-state index in [1.165, 1.54) is 24.7 Å². The Kier molecular flexibility index (Phi) is 7.00. The number of thiophene rings is 1. The highest BCUT2D eigenvalue weighted by Gasteiger charge is 2.07. The van der Waals surface area contributed by atoms with Gasteiger partial charge in [0.05, 0.1) is 31.0 Å². The summed E-state index contributed by atoms with van der Waals surface area (Å²) in [7, 11) is 3.09. The molecule has 0 aliphatic rings. The molecule has 0 unspecified atom stereocenters. The van der Waals surface area contributed by atoms with Gasteiger partial charge in [0.25, 0.3) is 5.91 Å². The predicted octanol–water partition coefficient (Wildman–Crippen LogP) is 2.41. The first-order valence-electron chi connectivity index (χ1n) is 7.29. The number of ether oxygens (including phenoxy) is 2. The van der Waals surface area contributed by atoms with Gasteiger partial charge < -0.3 is 9.47 Å². The van der Waals surface area contributed by atoms with Crippen LogP contribution in [0.2, 0.25) is 0 Å². The Labute approximate surface area is 149 Å². The summed E-state index contributed by atoms with van der Waals surface area (Å²) in [6.45, 7) is 3.61. The van der Waals surface area contributed by atoms with Crippen molar-refractivity contribution in [1.82, 2.24) is 10.9 Å². The molecule has 0 saturated heterocycles. The maximum Gasteiger partial charge on any atom is 0.268 e. The highest BCUT2D eigenvalue weighted by atomic mass is 32.1. The molecule has 0 spiro atoms. The zero-order chi connectivity index (χ0) is 18.1. The number of carbonyl (C=O) groups is 1. The third-order valence-corrected chi connectivity index (χ3v) is 3.97. The summed E-state index contributed by atoms with van der Waals surface area (Å²) in [6.07, 6.45) is 1.47. The molecule has 0 bridgehead atoms. The van der Waals surface area contributed by atoms with E-state index < -0.39 is 5.91 Å². The van der Waals surface area contributed by atoms with E-state index in [1.807, 2.05) is 17.5 Å². The number of rotatable bonds is 9. The van der Waals surface area contributed by atoms with Crippen LogP contribution in [0.4, 0.5) is 0 Å². The lowest BCUT2D eigenvalue weighted by atomic mass is 10.2. The van der Waals surface area contributed by atoms with Crippen molar-refractivity contribution in [3.05, 3.63) is 52.7 Å². The highest BCUT2D eigenvalue weighted by Crippen LogP contribution is 2.29. The van der Waals surface area contributed by atoms with E-state index in [1.54, 1.807) is 25.3 Å². The second kappa shape index (κ2) is 9.45. The van der Waals surface area contributed by atoms with Gasteiger partial charge in [-0.2, -0.15) is 5.10 Å². The fourth-order valence-corrected chi connectivity index (χ4v) is 2.55. The molecule has 8 heteroatoms. The van der Waals surface area contributed by atoms with Gasteiger partial charge in [0, 0.05) is 5.56 Å². The molecule has 0 atom stereocenters. The highest BCUT2D eigenvalue weighted by molar-refractivity contribution is 7.11. The Morgan fingerprint density at radius 3 is 2.80 bits per heavy atom. The molecule has 1 heterocycles. The summed E-state index contributed by atoms with van der Waals surface area (Å²) in [5.74, 6) is 0.704. The van der Waals surface area contributed by atoms with Crippen molar-refractivity contribution in [2.24, 2.45) is 5.10 Å². The molecular weight excluding hydrogens is 342 g/mol. The normalized spacial score (nSPS) is 10.5. The van der Waals surface area contributed by atoms with E-state index in [4.69, 9.17) is 14.3 Å². The Bertz CT molecular complexity index is 744. The molecule has 0 fully saturated rings. The summed E-state index contributed by atoms with van der Waals surface area (Å²) >= 11 is 1.52. The lowest BCUT2D eigenvalue weighted by molar-refractivity contribution is -0.127. The lowest BCUT2D eigenvalue weighted by Gasteiger charge is -2.09. The van der Waals surface area contributed by atoms with E-state index in [-0.39, 0.29) is 6.61 Å². The van der Waals surface area contributed by atoms with Crippen LogP contribution in [0.1, 0.15) is 10.4 Å². The molecule has 0 saturated carbocycles. The minimum atomic E-state index is -0.412. The van der Waals surface area contributed by atoms with Crippen molar-refractivity contribution < 1.29 is 19.1 Å². The molecule has 1 amide bonds. The number of nitrogens with one attached hydrogen (secondary N) is 2. The smallest absolute Gasteiger partial charge is 0.268 e. The fourth-order valence-electron chi connectivity index (χ4n) is 1.91. The Morgan fingerprint density at radius 2 is 2.12 bits per heavy atom. The Morgan fingerprint density at radius 1 is 1.28 bits per heavy atom. The number of methoxy groups -OCH3 is 2. The number of hydrogen-bond donors (Lipinski definition) is 2. The average Bonchev–Trinajstić information content (AvgIpc) is 3.16. The van der Waals surface area contributed by atoms with E-state index in [2.05, 4.69) is 22.6 Å². The van der Waals surface area contributed by atoms with Crippen LogP contribution in [-0.4, -0.2) is 32.9 Å². The SMILES string of the molecule is C=C(NOCC(=O)N/N=C\c1cccc(OC)c1OC)c1cccs1. The van der Waals surface area contributed by atoms with Gasteiger partial charge in [-0.15, -0.1) is 11.3 Å². The van der Waals surface area contributed by atoms with Crippen molar-refractivity contribution in [3.8, 4) is 11.5 Å². The Hall–Kier alpha value is -2.84. The van der Waals surface area contributed by atoms with Crippen molar-refractivity contribution in [3.63, 3.8) is 0 Å². The molecule has 1 aromatic carbocycles. The topological polar surface area (TPSA) is 81.2 Å². The molecule has 2 N–H and O–H groups in total. The van der Waals surface area contributed by atoms with Gasteiger partial charge in [-0.1, -0.05) is 18.7 Å². The maximum atomic E-state index is 11.7. The first-order valence-corrected chi connectivity index (χ1v) is 8.17. The number of benzene rings is 1. The third-order valence-electron chi connectivity index (χ3n) is 3.04. The largest absolute Gasteiger partial charge is 0.493 e. The molecular formula is C17H19N3O4S. The summed E-state index contributed by atoms with van der Waals surface area (Å²) in [4.78, 5) is 17.7. The van der Waals surface area contributed by atoms with Gasteiger partial charge in [0.15, 0.2) is 18.1 Å². The van der Waals surface area contributed by atoms with Gasteiger partial charge in [0.2, 0.25) is 0 Å². The second-order valence-corrected chi connectivity index (χ2v) is 5.67. The predicted molar refractivity (Wildman–Crippen MR) is 97.7 cm³/mol. The molecule has 0 aliphatic carbocycles. The van der Waals surface area contributed by atoms with E-state index >= 15 is 0 Å². The maximum absolute atomic E-state index is 11.7. The van der Waals surface area contributed by atoms with Crippen LogP contribution in [-0.2, 0) is 9.63 Å². The van der Waals surface area contributed by atoms with Crippen molar-refractivity contribution >= 4 is 29.2 Å². The minimum absolute atomic E-state index is 0.211. The number of hydrogen-bond acceptors (Lipinski definition) is 7. The quantitative estimate of drug-likeness (QED) is 0.529. The number of amides is 1. The van der Waals surface area contributed by atoms with Crippen molar-refractivity contribution in [2.45, 2.75) is 0 Å². The van der Waals surface area contributed by atoms with Crippen molar-refractivity contribution in [2.75, 3.05) is 20.8 Å². The van der Waals surface area contributed by atoms with Gasteiger partial charge in [-0.05, 0) is 23.6 Å². The summed E-state index contributed by atoms with van der Waals surface area (Å²) in [6, 6.07) is 9.17. The van der Waals surface area contributed by atoms with Crippen LogP contribution in [0, 0.1) is 0 Å². The van der Waals surface area contributed by atoms with Gasteiger partial charge in [0.1, 0.15) is 0 Å². The molecule has 25 heavy (non-hydrogen) atoms. The fraction of sp³-hybridized carbons (Fsp3) is 0.176. The van der Waals surface area contributed by atoms with Crippen LogP contribution in [0.25, 0.3) is 5.70 Å². The monoisotopic (exact) mass is 361 g/mol. The zero-order valence-electron chi connectivity index (χ0n) is 13.9. The second-order valence-electron chi connectivity index (χ2n) is 4.72. The number of para-hydroxylation sites is 1. The van der Waals surface area contributed by atoms with Crippen LogP contribution in [0.15, 0.2) is 47.4 Å². The first-order chi connectivity index (χ1) is 12.2. The summed E-state index contributed by atoms with van der Waals surface area (Å²) in [5, 5.41) is 5.81. The summed E-state index contributed by atoms with van der Waals surface area (Å²) < 4.78 is 10.5. The molecule has 2 aromatic rings. The molecule has 7 nitrogen and oxygen atoms in total. The zero-order valence-corrected chi connectivity index (χ0v) is 14.8. The van der Waals surface area contributed by atoms with Crippen LogP contribution in [0.5, 0.6) is 11.5 Å². The standard InChI is InChI=1S/C17H19N3O4S/c1-12(15-8-5-9-25-15)20-24-11-16(21)19-18-10-13-6-4-7-14(22-2)17(13)23-3/h4-10,20H,1,11H2,2-3H3,(H,19,21)/b18-10-. The number of carbonyl (C=O) groups excluding carboxylic acids is 1. The molecule has 1 aromatic heterocycles. The number of nitrogens with zero attached hydrogens (tertiary/aromatic N) is 1. The third kappa shape index (κ3) is 5.33. The molecule has 0 radical (unpaired) electrons. The van der Waals surface area contributed by atoms with Crippen molar-refractivity contribution in [1.29, 1.82) is 0 Å². The first kappa shape index (κ1) is 18.5. The minimum Gasteiger partial charge on any atom is -0.493 e. The number of hydroxylamine groups is 1. The van der Waals surface area contributed by atoms with Gasteiger partial charge >= 0.3 is 0 Å². The molecule has 0 aliphatic heterocycles. The van der Waals surface area contributed by atoms with E-state index in [0.717, 1.165) is 4.88 Å². The van der Waals surface area contributed by atoms with Gasteiger partial charge in [-0.25, -0.2) is 5.43 Å². The summed E-state index contributed by atoms with van der Waals surface area (Å²) in [5.41, 5.74) is 6.26. The van der Waals surface area contributed by atoms with E-state index in [0.29, 0.717) is 22.8 Å². The molecule has 132 valence electrons.